The maximum atomic E-state index is 13.2. The van der Waals surface area contributed by atoms with Crippen LogP contribution < -0.4 is 25.0 Å². The van der Waals surface area contributed by atoms with E-state index in [1.165, 1.54) is 30.3 Å². The molecule has 206 valence electrons. The van der Waals surface area contributed by atoms with Gasteiger partial charge in [-0.3, -0.25) is 19.7 Å². The van der Waals surface area contributed by atoms with Crippen molar-refractivity contribution in [2.75, 3.05) is 23.4 Å². The summed E-state index contributed by atoms with van der Waals surface area (Å²) in [7, 11) is 0. The summed E-state index contributed by atoms with van der Waals surface area (Å²) in [6, 6.07) is 13.6. The lowest BCUT2D eigenvalue weighted by atomic mass is 10.1. The Bertz CT molecular complexity index is 1540. The summed E-state index contributed by atoms with van der Waals surface area (Å²) in [4.78, 5) is 51.6. The number of anilines is 2. The van der Waals surface area contributed by atoms with Gasteiger partial charge in [-0.1, -0.05) is 29.3 Å². The molecule has 1 heterocycles. The van der Waals surface area contributed by atoms with Crippen molar-refractivity contribution in [2.45, 2.75) is 13.8 Å². The number of urea groups is 1. The molecule has 0 aromatic heterocycles. The molecular weight excluding hydrogens is 672 g/mol. The monoisotopic (exact) mass is 693 g/mol. The molecule has 1 fully saturated rings. The SMILES string of the molecule is CCOc1cc(/C=C2/C(=O)NC(=O)N(c3ccc(Cl)cc3)C2=O)cc(I)c1OCC(=O)Nc1ccc(C)c(Cl)c1. The highest BCUT2D eigenvalue weighted by Gasteiger charge is 2.36. The van der Waals surface area contributed by atoms with E-state index in [2.05, 4.69) is 10.6 Å². The van der Waals surface area contributed by atoms with Gasteiger partial charge in [0.05, 0.1) is 15.9 Å². The molecule has 0 saturated carbocycles. The number of nitrogens with zero attached hydrogens (tertiary/aromatic N) is 1. The van der Waals surface area contributed by atoms with Crippen LogP contribution in [0.4, 0.5) is 16.2 Å². The van der Waals surface area contributed by atoms with E-state index >= 15 is 0 Å². The lowest BCUT2D eigenvalue weighted by molar-refractivity contribution is -0.122. The van der Waals surface area contributed by atoms with Crippen LogP contribution in [-0.4, -0.2) is 37.0 Å². The number of benzene rings is 3. The number of ether oxygens (including phenoxy) is 2. The molecule has 0 aliphatic carbocycles. The quantitative estimate of drug-likeness (QED) is 0.170. The molecule has 40 heavy (non-hydrogen) atoms. The number of amides is 5. The predicted octanol–water partition coefficient (Wildman–Crippen LogP) is 5.99. The maximum Gasteiger partial charge on any atom is 0.335 e. The van der Waals surface area contributed by atoms with E-state index in [4.69, 9.17) is 32.7 Å². The molecule has 3 aromatic carbocycles. The van der Waals surface area contributed by atoms with Crippen molar-refractivity contribution in [3.63, 3.8) is 0 Å². The molecule has 0 radical (unpaired) electrons. The van der Waals surface area contributed by atoms with Gasteiger partial charge in [0, 0.05) is 15.7 Å². The van der Waals surface area contributed by atoms with Crippen molar-refractivity contribution in [3.8, 4) is 11.5 Å². The molecule has 3 aromatic rings. The smallest absolute Gasteiger partial charge is 0.335 e. The standard InChI is InChI=1S/C28H22Cl2IN3O6/c1-3-39-23-12-16(10-20-26(36)33-28(38)34(27(20)37)19-8-5-17(29)6-9-19)11-22(31)25(23)40-14-24(35)32-18-7-4-15(2)21(30)13-18/h4-13H,3,14H2,1-2H3,(H,32,35)(H,33,36,38)/b20-10-. The van der Waals surface area contributed by atoms with E-state index in [0.717, 1.165) is 10.5 Å². The minimum atomic E-state index is -0.867. The molecule has 0 bridgehead atoms. The van der Waals surface area contributed by atoms with E-state index in [-0.39, 0.29) is 17.9 Å². The van der Waals surface area contributed by atoms with E-state index < -0.39 is 23.8 Å². The Morgan fingerprint density at radius 1 is 1.05 bits per heavy atom. The van der Waals surface area contributed by atoms with Gasteiger partial charge in [0.1, 0.15) is 5.57 Å². The average Bonchev–Trinajstić information content (AvgIpc) is 2.89. The Morgan fingerprint density at radius 2 is 1.77 bits per heavy atom. The number of hydrogen-bond acceptors (Lipinski definition) is 6. The Hall–Kier alpha value is -3.61. The van der Waals surface area contributed by atoms with Gasteiger partial charge in [-0.05, 0) is 102 Å². The molecule has 12 heteroatoms. The van der Waals surface area contributed by atoms with Crippen LogP contribution in [0.25, 0.3) is 6.08 Å². The second-order valence-electron chi connectivity index (χ2n) is 8.50. The molecule has 9 nitrogen and oxygen atoms in total. The summed E-state index contributed by atoms with van der Waals surface area (Å²) >= 11 is 14.1. The molecule has 0 spiro atoms. The van der Waals surface area contributed by atoms with Crippen molar-refractivity contribution in [1.82, 2.24) is 5.32 Å². The van der Waals surface area contributed by atoms with Crippen LogP contribution >= 0.6 is 45.8 Å². The fourth-order valence-corrected chi connectivity index (χ4v) is 4.82. The topological polar surface area (TPSA) is 114 Å². The third-order valence-corrected chi connectivity index (χ3v) is 7.09. The van der Waals surface area contributed by atoms with E-state index in [1.807, 2.05) is 29.5 Å². The summed E-state index contributed by atoms with van der Waals surface area (Å²) in [6.45, 7) is 3.63. The number of hydrogen-bond donors (Lipinski definition) is 2. The van der Waals surface area contributed by atoms with E-state index in [9.17, 15) is 19.2 Å². The highest BCUT2D eigenvalue weighted by Crippen LogP contribution is 2.35. The Kier molecular flexibility index (Phi) is 9.33. The molecule has 1 aliphatic rings. The molecule has 1 saturated heterocycles. The zero-order chi connectivity index (χ0) is 29.0. The third-order valence-electron chi connectivity index (χ3n) is 5.63. The van der Waals surface area contributed by atoms with Gasteiger partial charge in [0.25, 0.3) is 17.7 Å². The predicted molar refractivity (Wildman–Crippen MR) is 161 cm³/mol. The highest BCUT2D eigenvalue weighted by molar-refractivity contribution is 14.1. The molecule has 2 N–H and O–H groups in total. The lowest BCUT2D eigenvalue weighted by Gasteiger charge is -2.26. The Balaban J connectivity index is 1.57. The number of halogens is 3. The van der Waals surface area contributed by atoms with Crippen molar-refractivity contribution in [2.24, 2.45) is 0 Å². The molecule has 5 amide bonds. The van der Waals surface area contributed by atoms with Gasteiger partial charge in [-0.15, -0.1) is 0 Å². The van der Waals surface area contributed by atoms with Crippen molar-refractivity contribution >= 4 is 87.0 Å². The normalized spacial score (nSPS) is 14.3. The van der Waals surface area contributed by atoms with Gasteiger partial charge in [-0.2, -0.15) is 0 Å². The highest BCUT2D eigenvalue weighted by atomic mass is 127. The minimum absolute atomic E-state index is 0.252. The molecular formula is C28H22Cl2IN3O6. The van der Waals surface area contributed by atoms with E-state index in [1.54, 1.807) is 37.3 Å². The first-order chi connectivity index (χ1) is 19.1. The van der Waals surface area contributed by atoms with Crippen LogP contribution in [0.15, 0.2) is 60.2 Å². The van der Waals surface area contributed by atoms with Gasteiger partial charge in [0.2, 0.25) is 0 Å². The minimum Gasteiger partial charge on any atom is -0.490 e. The van der Waals surface area contributed by atoms with Gasteiger partial charge < -0.3 is 14.8 Å². The number of imide groups is 2. The summed E-state index contributed by atoms with van der Waals surface area (Å²) < 4.78 is 12.1. The third kappa shape index (κ3) is 6.75. The van der Waals surface area contributed by atoms with E-state index in [0.29, 0.717) is 43.0 Å². The fourth-order valence-electron chi connectivity index (χ4n) is 3.73. The first kappa shape index (κ1) is 29.4. The Morgan fingerprint density at radius 3 is 2.45 bits per heavy atom. The van der Waals surface area contributed by atoms with Crippen LogP contribution in [0.5, 0.6) is 11.5 Å². The largest absolute Gasteiger partial charge is 0.490 e. The summed E-state index contributed by atoms with van der Waals surface area (Å²) in [5.74, 6) is -1.40. The zero-order valence-corrected chi connectivity index (χ0v) is 24.9. The lowest BCUT2D eigenvalue weighted by Crippen LogP contribution is -2.54. The van der Waals surface area contributed by atoms with Crippen LogP contribution in [0.2, 0.25) is 10.0 Å². The van der Waals surface area contributed by atoms with Crippen LogP contribution in [0, 0.1) is 10.5 Å². The first-order valence-corrected chi connectivity index (χ1v) is 13.7. The van der Waals surface area contributed by atoms with Crippen LogP contribution in [0.1, 0.15) is 18.1 Å². The first-order valence-electron chi connectivity index (χ1n) is 11.9. The molecule has 0 atom stereocenters. The number of barbiturate groups is 1. The number of aryl methyl sites for hydroxylation is 1. The number of carbonyl (C=O) groups is 4. The molecule has 0 unspecified atom stereocenters. The van der Waals surface area contributed by atoms with Crippen LogP contribution in [0.3, 0.4) is 0 Å². The maximum absolute atomic E-state index is 13.2. The average molecular weight is 694 g/mol. The van der Waals surface area contributed by atoms with Crippen molar-refractivity contribution < 1.29 is 28.7 Å². The number of nitrogens with one attached hydrogen (secondary N) is 2. The second kappa shape index (κ2) is 12.7. The summed E-state index contributed by atoms with van der Waals surface area (Å²) in [6.07, 6.45) is 1.36. The van der Waals surface area contributed by atoms with Gasteiger partial charge in [-0.25, -0.2) is 9.69 Å². The van der Waals surface area contributed by atoms with Crippen molar-refractivity contribution in [3.05, 3.63) is 84.9 Å². The summed E-state index contributed by atoms with van der Waals surface area (Å²) in [5, 5.41) is 5.87. The van der Waals surface area contributed by atoms with Crippen LogP contribution in [-0.2, 0) is 14.4 Å². The molecule has 1 aliphatic heterocycles. The number of carbonyl (C=O) groups excluding carboxylic acids is 4. The zero-order valence-electron chi connectivity index (χ0n) is 21.2. The Labute approximate surface area is 253 Å². The number of rotatable bonds is 8. The summed E-state index contributed by atoms with van der Waals surface area (Å²) in [5.41, 5.74) is 1.87. The van der Waals surface area contributed by atoms with Gasteiger partial charge in [0.15, 0.2) is 18.1 Å². The van der Waals surface area contributed by atoms with Gasteiger partial charge >= 0.3 is 6.03 Å². The second-order valence-corrected chi connectivity index (χ2v) is 10.5. The fraction of sp³-hybridized carbons (Fsp3) is 0.143. The van der Waals surface area contributed by atoms with Crippen molar-refractivity contribution in [1.29, 1.82) is 0 Å². The molecule has 4 rings (SSSR count).